The van der Waals surface area contributed by atoms with E-state index < -0.39 is 0 Å². The summed E-state index contributed by atoms with van der Waals surface area (Å²) in [5.41, 5.74) is 0.752. The van der Waals surface area contributed by atoms with Gasteiger partial charge in [-0.25, -0.2) is 0 Å². The Balaban J connectivity index is 1.55. The Kier molecular flexibility index (Phi) is 5.80. The van der Waals surface area contributed by atoms with Crippen molar-refractivity contribution in [2.75, 3.05) is 13.2 Å². The van der Waals surface area contributed by atoms with E-state index in [1.807, 2.05) is 0 Å². The van der Waals surface area contributed by atoms with Gasteiger partial charge in [-0.3, -0.25) is 14.6 Å². The molecule has 6 nitrogen and oxygen atoms in total. The molecule has 3 rings (SSSR count). The molecule has 2 N–H and O–H groups in total. The summed E-state index contributed by atoms with van der Waals surface area (Å²) in [6.07, 6.45) is 9.23. The van der Waals surface area contributed by atoms with Gasteiger partial charge in [0, 0.05) is 31.0 Å². The Labute approximate surface area is 142 Å². The lowest BCUT2D eigenvalue weighted by atomic mass is 9.95. The number of rotatable bonds is 5. The summed E-state index contributed by atoms with van der Waals surface area (Å²) in [4.78, 5) is 28.7. The molecule has 1 unspecified atom stereocenters. The van der Waals surface area contributed by atoms with Gasteiger partial charge >= 0.3 is 0 Å². The van der Waals surface area contributed by atoms with Gasteiger partial charge in [0.2, 0.25) is 0 Å². The lowest BCUT2D eigenvalue weighted by Crippen LogP contribution is -2.37. The maximum atomic E-state index is 12.3. The van der Waals surface area contributed by atoms with Crippen LogP contribution in [0.2, 0.25) is 0 Å². The molecule has 1 atom stereocenters. The second-order valence-electron chi connectivity index (χ2n) is 6.58. The molecular weight excluding hydrogens is 306 g/mol. The van der Waals surface area contributed by atoms with E-state index in [4.69, 9.17) is 4.74 Å². The van der Waals surface area contributed by atoms with Crippen molar-refractivity contribution >= 4 is 11.8 Å². The van der Waals surface area contributed by atoms with Gasteiger partial charge in [-0.2, -0.15) is 0 Å². The maximum absolute atomic E-state index is 12.3. The number of nitrogens with one attached hydrogen (secondary N) is 2. The monoisotopic (exact) mass is 331 g/mol. The lowest BCUT2D eigenvalue weighted by Gasteiger charge is -2.22. The zero-order valence-electron chi connectivity index (χ0n) is 13.9. The lowest BCUT2D eigenvalue weighted by molar-refractivity contribution is 0.0857. The molecule has 1 aromatic heterocycles. The summed E-state index contributed by atoms with van der Waals surface area (Å²) in [6, 6.07) is 3.41. The number of pyridine rings is 1. The zero-order chi connectivity index (χ0) is 16.8. The Morgan fingerprint density at radius 3 is 2.71 bits per heavy atom. The average Bonchev–Trinajstić information content (AvgIpc) is 3.14. The summed E-state index contributed by atoms with van der Waals surface area (Å²) < 4.78 is 5.49. The highest BCUT2D eigenvalue weighted by atomic mass is 16.5. The SMILES string of the molecule is O=C(NCC1CCCO1)c1ccnc(C(=O)NC2CCCCC2)c1. The van der Waals surface area contributed by atoms with Gasteiger partial charge in [-0.05, 0) is 37.8 Å². The van der Waals surface area contributed by atoms with Crippen molar-refractivity contribution in [1.29, 1.82) is 0 Å². The molecule has 6 heteroatoms. The number of nitrogens with zero attached hydrogens (tertiary/aromatic N) is 1. The Bertz CT molecular complexity index is 579. The van der Waals surface area contributed by atoms with E-state index in [1.54, 1.807) is 12.1 Å². The minimum atomic E-state index is -0.198. The van der Waals surface area contributed by atoms with Crippen molar-refractivity contribution in [1.82, 2.24) is 15.6 Å². The molecule has 24 heavy (non-hydrogen) atoms. The fraction of sp³-hybridized carbons (Fsp3) is 0.611. The van der Waals surface area contributed by atoms with Gasteiger partial charge < -0.3 is 15.4 Å². The molecule has 1 saturated heterocycles. The van der Waals surface area contributed by atoms with Crippen molar-refractivity contribution in [3.05, 3.63) is 29.6 Å². The molecule has 0 bridgehead atoms. The molecule has 130 valence electrons. The zero-order valence-corrected chi connectivity index (χ0v) is 13.9. The third-order valence-electron chi connectivity index (χ3n) is 4.71. The van der Waals surface area contributed by atoms with Crippen LogP contribution in [0.15, 0.2) is 18.3 Å². The summed E-state index contributed by atoms with van der Waals surface area (Å²) >= 11 is 0. The minimum Gasteiger partial charge on any atom is -0.376 e. The fourth-order valence-corrected chi connectivity index (χ4v) is 3.32. The molecule has 0 radical (unpaired) electrons. The van der Waals surface area contributed by atoms with Crippen LogP contribution in [0.5, 0.6) is 0 Å². The first kappa shape index (κ1) is 16.9. The molecular formula is C18H25N3O3. The van der Waals surface area contributed by atoms with Gasteiger partial charge in [-0.1, -0.05) is 19.3 Å². The van der Waals surface area contributed by atoms with Crippen LogP contribution < -0.4 is 10.6 Å². The average molecular weight is 331 g/mol. The molecule has 2 fully saturated rings. The van der Waals surface area contributed by atoms with Crippen LogP contribution >= 0.6 is 0 Å². The fourth-order valence-electron chi connectivity index (χ4n) is 3.32. The molecule has 2 heterocycles. The van der Waals surface area contributed by atoms with Gasteiger partial charge in [0.25, 0.3) is 11.8 Å². The van der Waals surface area contributed by atoms with Crippen molar-refractivity contribution < 1.29 is 14.3 Å². The van der Waals surface area contributed by atoms with Crippen LogP contribution in [0.1, 0.15) is 65.8 Å². The van der Waals surface area contributed by atoms with Crippen molar-refractivity contribution in [3.8, 4) is 0 Å². The smallest absolute Gasteiger partial charge is 0.270 e. The number of carbonyl (C=O) groups is 2. The predicted molar refractivity (Wildman–Crippen MR) is 89.9 cm³/mol. The van der Waals surface area contributed by atoms with Crippen molar-refractivity contribution in [3.63, 3.8) is 0 Å². The number of hydrogen-bond donors (Lipinski definition) is 2. The topological polar surface area (TPSA) is 80.3 Å². The number of amides is 2. The van der Waals surface area contributed by atoms with Crippen molar-refractivity contribution in [2.45, 2.75) is 57.1 Å². The summed E-state index contributed by atoms with van der Waals surface area (Å²) in [6.45, 7) is 1.27. The second kappa shape index (κ2) is 8.24. The van der Waals surface area contributed by atoms with Crippen LogP contribution in [0.25, 0.3) is 0 Å². The largest absolute Gasteiger partial charge is 0.376 e. The molecule has 1 saturated carbocycles. The molecule has 2 aliphatic rings. The normalized spacial score (nSPS) is 21.4. The molecule has 2 amide bonds. The predicted octanol–water partition coefficient (Wildman–Crippen LogP) is 2.05. The quantitative estimate of drug-likeness (QED) is 0.865. The first-order valence-electron chi connectivity index (χ1n) is 8.89. The van der Waals surface area contributed by atoms with E-state index >= 15 is 0 Å². The van der Waals surface area contributed by atoms with Crippen LogP contribution in [0, 0.1) is 0 Å². The van der Waals surface area contributed by atoms with Crippen LogP contribution in [0.4, 0.5) is 0 Å². The third kappa shape index (κ3) is 4.54. The van der Waals surface area contributed by atoms with E-state index in [1.165, 1.54) is 12.6 Å². The molecule has 1 aromatic rings. The number of hydrogen-bond acceptors (Lipinski definition) is 4. The first-order chi connectivity index (χ1) is 11.7. The van der Waals surface area contributed by atoms with Gasteiger partial charge in [-0.15, -0.1) is 0 Å². The second-order valence-corrected chi connectivity index (χ2v) is 6.58. The van der Waals surface area contributed by atoms with E-state index in [-0.39, 0.29) is 24.0 Å². The molecule has 0 spiro atoms. The van der Waals surface area contributed by atoms with E-state index in [9.17, 15) is 9.59 Å². The first-order valence-corrected chi connectivity index (χ1v) is 8.89. The Hall–Kier alpha value is -1.95. The summed E-state index contributed by atoms with van der Waals surface area (Å²) in [7, 11) is 0. The number of carbonyl (C=O) groups excluding carboxylic acids is 2. The third-order valence-corrected chi connectivity index (χ3v) is 4.71. The van der Waals surface area contributed by atoms with Crippen LogP contribution in [-0.4, -0.2) is 42.1 Å². The highest BCUT2D eigenvalue weighted by molar-refractivity contribution is 5.98. The Morgan fingerprint density at radius 1 is 1.12 bits per heavy atom. The van der Waals surface area contributed by atoms with Crippen LogP contribution in [0.3, 0.4) is 0 Å². The molecule has 1 aliphatic carbocycles. The highest BCUT2D eigenvalue weighted by Gasteiger charge is 2.19. The summed E-state index contributed by atoms with van der Waals surface area (Å²) in [5.74, 6) is -0.393. The van der Waals surface area contributed by atoms with Crippen LogP contribution in [-0.2, 0) is 4.74 Å². The maximum Gasteiger partial charge on any atom is 0.270 e. The number of aromatic nitrogens is 1. The Morgan fingerprint density at radius 2 is 1.96 bits per heavy atom. The standard InChI is InChI=1S/C18H25N3O3/c22-17(20-12-15-7-4-10-24-15)13-8-9-19-16(11-13)18(23)21-14-5-2-1-3-6-14/h8-9,11,14-15H,1-7,10,12H2,(H,20,22)(H,21,23). The van der Waals surface area contributed by atoms with E-state index in [0.29, 0.717) is 17.8 Å². The molecule has 0 aromatic carbocycles. The van der Waals surface area contributed by atoms with Gasteiger partial charge in [0.1, 0.15) is 5.69 Å². The van der Waals surface area contributed by atoms with E-state index in [0.717, 1.165) is 45.1 Å². The van der Waals surface area contributed by atoms with Crippen molar-refractivity contribution in [2.24, 2.45) is 0 Å². The highest BCUT2D eigenvalue weighted by Crippen LogP contribution is 2.17. The van der Waals surface area contributed by atoms with Gasteiger partial charge in [0.15, 0.2) is 0 Å². The summed E-state index contributed by atoms with van der Waals surface area (Å²) in [5, 5.41) is 5.89. The minimum absolute atomic E-state index is 0.102. The van der Waals surface area contributed by atoms with E-state index in [2.05, 4.69) is 15.6 Å². The molecule has 1 aliphatic heterocycles. The van der Waals surface area contributed by atoms with Gasteiger partial charge in [0.05, 0.1) is 6.10 Å². The number of ether oxygens (including phenoxy) is 1.